The summed E-state index contributed by atoms with van der Waals surface area (Å²) >= 11 is 1.74. The highest BCUT2D eigenvalue weighted by molar-refractivity contribution is 7.07. The van der Waals surface area contributed by atoms with Gasteiger partial charge in [0.25, 0.3) is 0 Å². The first-order chi connectivity index (χ1) is 14.7. The molecule has 1 amide bonds. The molecule has 1 fully saturated rings. The number of nitrogens with one attached hydrogen (secondary N) is 1. The lowest BCUT2D eigenvalue weighted by Gasteiger charge is -2.18. The van der Waals surface area contributed by atoms with Crippen LogP contribution in [0.2, 0.25) is 0 Å². The predicted molar refractivity (Wildman–Crippen MR) is 126 cm³/mol. The van der Waals surface area contributed by atoms with Crippen molar-refractivity contribution in [3.63, 3.8) is 0 Å². The van der Waals surface area contributed by atoms with Crippen LogP contribution >= 0.6 is 11.3 Å². The molecule has 154 valence electrons. The van der Waals surface area contributed by atoms with Gasteiger partial charge in [0.1, 0.15) is 0 Å². The molecule has 3 heteroatoms. The van der Waals surface area contributed by atoms with E-state index < -0.39 is 0 Å². The van der Waals surface area contributed by atoms with Gasteiger partial charge in [-0.25, -0.2) is 0 Å². The van der Waals surface area contributed by atoms with Crippen LogP contribution in [-0.4, -0.2) is 11.9 Å². The first-order valence-corrected chi connectivity index (χ1v) is 11.7. The van der Waals surface area contributed by atoms with E-state index in [0.29, 0.717) is 5.92 Å². The molecule has 1 heterocycles. The molecule has 4 rings (SSSR count). The minimum Gasteiger partial charge on any atom is -0.350 e. The molecule has 1 aliphatic carbocycles. The molecule has 0 aliphatic heterocycles. The molecule has 0 saturated heterocycles. The Bertz CT molecular complexity index is 923. The van der Waals surface area contributed by atoms with Crippen molar-refractivity contribution in [1.29, 1.82) is 0 Å². The molecule has 0 spiro atoms. The zero-order chi connectivity index (χ0) is 20.8. The summed E-state index contributed by atoms with van der Waals surface area (Å²) < 4.78 is 0. The van der Waals surface area contributed by atoms with E-state index in [1.54, 1.807) is 17.4 Å². The SMILES string of the molecule is C[C@@H](CCCc1ccsc1)NC(=O)C=C[C@H]1CC1(c1ccccc1)c1ccccc1. The van der Waals surface area contributed by atoms with E-state index in [9.17, 15) is 4.79 Å². The van der Waals surface area contributed by atoms with Gasteiger partial charge in [0, 0.05) is 11.5 Å². The van der Waals surface area contributed by atoms with Crippen molar-refractivity contribution in [2.24, 2.45) is 5.92 Å². The van der Waals surface area contributed by atoms with Crippen LogP contribution in [0.15, 0.2) is 89.6 Å². The summed E-state index contributed by atoms with van der Waals surface area (Å²) in [6, 6.07) is 23.7. The van der Waals surface area contributed by atoms with E-state index in [0.717, 1.165) is 25.7 Å². The first kappa shape index (κ1) is 20.6. The molecule has 2 atom stereocenters. The first-order valence-electron chi connectivity index (χ1n) is 10.8. The Balaban J connectivity index is 1.34. The Kier molecular flexibility index (Phi) is 6.49. The van der Waals surface area contributed by atoms with Crippen molar-refractivity contribution < 1.29 is 4.79 Å². The minimum atomic E-state index is -0.00848. The summed E-state index contributed by atoms with van der Waals surface area (Å²) in [6.45, 7) is 2.09. The molecule has 0 unspecified atom stereocenters. The molecule has 2 nitrogen and oxygen atoms in total. The van der Waals surface area contributed by atoms with Gasteiger partial charge in [0.05, 0.1) is 0 Å². The lowest BCUT2D eigenvalue weighted by atomic mass is 9.85. The molecular formula is C27H29NOS. The van der Waals surface area contributed by atoms with Gasteiger partial charge in [-0.15, -0.1) is 0 Å². The maximum absolute atomic E-state index is 12.5. The van der Waals surface area contributed by atoms with Crippen LogP contribution < -0.4 is 5.32 Å². The maximum Gasteiger partial charge on any atom is 0.243 e. The highest BCUT2D eigenvalue weighted by Gasteiger charge is 2.54. The predicted octanol–water partition coefficient (Wildman–Crippen LogP) is 6.14. The van der Waals surface area contributed by atoms with Gasteiger partial charge in [0.15, 0.2) is 0 Å². The second-order valence-corrected chi connectivity index (χ2v) is 9.09. The summed E-state index contributed by atoms with van der Waals surface area (Å²) in [7, 11) is 0. The molecule has 30 heavy (non-hydrogen) atoms. The molecule has 1 N–H and O–H groups in total. The monoisotopic (exact) mass is 415 g/mol. The third kappa shape index (κ3) is 4.73. The number of hydrogen-bond donors (Lipinski definition) is 1. The Morgan fingerprint density at radius 2 is 1.77 bits per heavy atom. The normalized spacial score (nSPS) is 18.2. The fourth-order valence-electron chi connectivity index (χ4n) is 4.44. The fourth-order valence-corrected chi connectivity index (χ4v) is 5.14. The fraction of sp³-hybridized carbons (Fsp3) is 0.296. The highest BCUT2D eigenvalue weighted by atomic mass is 32.1. The van der Waals surface area contributed by atoms with Crippen LogP contribution in [0, 0.1) is 5.92 Å². The van der Waals surface area contributed by atoms with E-state index in [4.69, 9.17) is 0 Å². The maximum atomic E-state index is 12.5. The van der Waals surface area contributed by atoms with Gasteiger partial charge < -0.3 is 5.32 Å². The van der Waals surface area contributed by atoms with Crippen molar-refractivity contribution in [3.05, 3.63) is 106 Å². The molecule has 2 aromatic carbocycles. The van der Waals surface area contributed by atoms with Crippen LogP contribution in [0.5, 0.6) is 0 Å². The summed E-state index contributed by atoms with van der Waals surface area (Å²) in [6.07, 6.45) is 8.06. The van der Waals surface area contributed by atoms with Crippen LogP contribution in [-0.2, 0) is 16.6 Å². The average Bonchev–Trinajstić information content (AvgIpc) is 3.29. The van der Waals surface area contributed by atoms with Crippen molar-refractivity contribution in [2.75, 3.05) is 0 Å². The lowest BCUT2D eigenvalue weighted by Crippen LogP contribution is -2.31. The number of carbonyl (C=O) groups is 1. The lowest BCUT2D eigenvalue weighted by molar-refractivity contribution is -0.117. The highest BCUT2D eigenvalue weighted by Crippen LogP contribution is 2.59. The quantitative estimate of drug-likeness (QED) is 0.418. The van der Waals surface area contributed by atoms with Crippen LogP contribution in [0.3, 0.4) is 0 Å². The Morgan fingerprint density at radius 3 is 2.37 bits per heavy atom. The largest absolute Gasteiger partial charge is 0.350 e. The average molecular weight is 416 g/mol. The second-order valence-electron chi connectivity index (χ2n) is 8.31. The molecular weight excluding hydrogens is 386 g/mol. The molecule has 0 radical (unpaired) electrons. The van der Waals surface area contributed by atoms with E-state index in [2.05, 4.69) is 95.8 Å². The summed E-state index contributed by atoms with van der Waals surface area (Å²) in [5.74, 6) is 0.363. The van der Waals surface area contributed by atoms with Crippen molar-refractivity contribution in [1.82, 2.24) is 5.32 Å². The minimum absolute atomic E-state index is 0.00848. The van der Waals surface area contributed by atoms with Crippen molar-refractivity contribution >= 4 is 17.2 Å². The van der Waals surface area contributed by atoms with Gasteiger partial charge in [-0.05, 0) is 78.1 Å². The number of aryl methyl sites for hydroxylation is 1. The van der Waals surface area contributed by atoms with Crippen molar-refractivity contribution in [2.45, 2.75) is 44.1 Å². The number of benzene rings is 2. The second kappa shape index (κ2) is 9.44. The van der Waals surface area contributed by atoms with Gasteiger partial charge in [-0.3, -0.25) is 4.79 Å². The zero-order valence-electron chi connectivity index (χ0n) is 17.5. The topological polar surface area (TPSA) is 29.1 Å². The van der Waals surface area contributed by atoms with E-state index in [1.165, 1.54) is 16.7 Å². The Hall–Kier alpha value is -2.65. The number of hydrogen-bond acceptors (Lipinski definition) is 2. The van der Waals surface area contributed by atoms with Crippen LogP contribution in [0.25, 0.3) is 0 Å². The molecule has 1 saturated carbocycles. The molecule has 0 bridgehead atoms. The van der Waals surface area contributed by atoms with E-state index >= 15 is 0 Å². The third-order valence-electron chi connectivity index (χ3n) is 6.14. The van der Waals surface area contributed by atoms with Gasteiger partial charge in [0.2, 0.25) is 5.91 Å². The standard InChI is InChI=1S/C27H29NOS/c1-21(9-8-10-22-17-18-30-20-22)28-26(29)16-15-25-19-27(25,23-11-4-2-5-12-23)24-13-6-3-7-14-24/h2-7,11-18,20-21,25H,8-10,19H2,1H3,(H,28,29)/t21-,25-/m0/s1. The summed E-state index contributed by atoms with van der Waals surface area (Å²) in [4.78, 5) is 12.5. The number of allylic oxidation sites excluding steroid dienone is 1. The number of thiophene rings is 1. The number of amides is 1. The van der Waals surface area contributed by atoms with Crippen LogP contribution in [0.1, 0.15) is 42.9 Å². The molecule has 3 aromatic rings. The van der Waals surface area contributed by atoms with E-state index in [-0.39, 0.29) is 17.4 Å². The third-order valence-corrected chi connectivity index (χ3v) is 6.88. The zero-order valence-corrected chi connectivity index (χ0v) is 18.3. The van der Waals surface area contributed by atoms with Crippen LogP contribution in [0.4, 0.5) is 0 Å². The Labute approximate surface area is 183 Å². The number of rotatable bonds is 9. The van der Waals surface area contributed by atoms with Gasteiger partial charge in [-0.2, -0.15) is 11.3 Å². The van der Waals surface area contributed by atoms with Gasteiger partial charge in [-0.1, -0.05) is 66.7 Å². The molecule has 1 aliphatic rings. The van der Waals surface area contributed by atoms with Crippen molar-refractivity contribution in [3.8, 4) is 0 Å². The summed E-state index contributed by atoms with van der Waals surface area (Å²) in [5.41, 5.74) is 4.04. The smallest absolute Gasteiger partial charge is 0.243 e. The molecule has 1 aromatic heterocycles. The summed E-state index contributed by atoms with van der Waals surface area (Å²) in [5, 5.41) is 7.45. The van der Waals surface area contributed by atoms with E-state index in [1.807, 2.05) is 0 Å². The Morgan fingerprint density at radius 1 is 1.10 bits per heavy atom. The van der Waals surface area contributed by atoms with Gasteiger partial charge >= 0.3 is 0 Å². The number of carbonyl (C=O) groups excluding carboxylic acids is 1.